The molecule has 3 rings (SSSR count). The standard InChI is InChI=1S/C10H15N3O2/c1-6-4-10(5-13(6)7-2-3-7)8(14)11-9(15)12-10/h6-7H,2-5H2,1H3,(H2,11,12,14,15). The third-order valence-corrected chi connectivity index (χ3v) is 3.69. The van der Waals surface area contributed by atoms with Gasteiger partial charge in [0, 0.05) is 18.6 Å². The first-order chi connectivity index (χ1) is 7.11. The molecule has 2 N–H and O–H groups in total. The molecule has 0 bridgehead atoms. The summed E-state index contributed by atoms with van der Waals surface area (Å²) in [7, 11) is 0. The van der Waals surface area contributed by atoms with Crippen LogP contribution in [0.15, 0.2) is 0 Å². The van der Waals surface area contributed by atoms with Crippen LogP contribution in [0.1, 0.15) is 26.2 Å². The average molecular weight is 209 g/mol. The summed E-state index contributed by atoms with van der Waals surface area (Å²) in [5.41, 5.74) is -0.640. The SMILES string of the molecule is CC1CC2(CN1C1CC1)NC(=O)NC2=O. The van der Waals surface area contributed by atoms with Crippen LogP contribution in [0.3, 0.4) is 0 Å². The number of carbonyl (C=O) groups is 2. The highest BCUT2D eigenvalue weighted by Crippen LogP contribution is 2.38. The molecule has 2 atom stereocenters. The second-order valence-corrected chi connectivity index (χ2v) is 4.95. The lowest BCUT2D eigenvalue weighted by Crippen LogP contribution is -2.49. The molecule has 2 saturated heterocycles. The Morgan fingerprint density at radius 3 is 2.67 bits per heavy atom. The van der Waals surface area contributed by atoms with E-state index in [1.165, 1.54) is 12.8 Å². The van der Waals surface area contributed by atoms with Gasteiger partial charge in [0.15, 0.2) is 0 Å². The normalized spacial score (nSPS) is 41.0. The number of carbonyl (C=O) groups excluding carboxylic acids is 2. The van der Waals surface area contributed by atoms with Crippen LogP contribution in [0.5, 0.6) is 0 Å². The second kappa shape index (κ2) is 2.72. The summed E-state index contributed by atoms with van der Waals surface area (Å²) in [5.74, 6) is -0.150. The van der Waals surface area contributed by atoms with Crippen molar-refractivity contribution in [3.8, 4) is 0 Å². The molecule has 2 unspecified atom stereocenters. The molecule has 0 aromatic rings. The molecule has 5 heteroatoms. The molecule has 0 radical (unpaired) electrons. The van der Waals surface area contributed by atoms with Crippen molar-refractivity contribution in [2.45, 2.75) is 43.8 Å². The van der Waals surface area contributed by atoms with Crippen molar-refractivity contribution < 1.29 is 9.59 Å². The van der Waals surface area contributed by atoms with Crippen molar-refractivity contribution in [3.63, 3.8) is 0 Å². The van der Waals surface area contributed by atoms with Crippen LogP contribution in [-0.2, 0) is 4.79 Å². The molecule has 82 valence electrons. The van der Waals surface area contributed by atoms with Crippen molar-refractivity contribution in [1.29, 1.82) is 0 Å². The fourth-order valence-electron chi connectivity index (χ4n) is 2.83. The number of imide groups is 1. The monoisotopic (exact) mass is 209 g/mol. The number of hydrogen-bond donors (Lipinski definition) is 2. The number of amides is 3. The van der Waals surface area contributed by atoms with E-state index >= 15 is 0 Å². The molecule has 2 aliphatic heterocycles. The minimum absolute atomic E-state index is 0.150. The maximum Gasteiger partial charge on any atom is 0.322 e. The van der Waals surface area contributed by atoms with Crippen LogP contribution in [0.25, 0.3) is 0 Å². The molecule has 1 spiro atoms. The van der Waals surface area contributed by atoms with E-state index in [1.807, 2.05) is 0 Å². The van der Waals surface area contributed by atoms with Gasteiger partial charge in [0.05, 0.1) is 0 Å². The lowest BCUT2D eigenvalue weighted by atomic mass is 9.97. The van der Waals surface area contributed by atoms with Gasteiger partial charge in [-0.05, 0) is 26.2 Å². The fraction of sp³-hybridized carbons (Fsp3) is 0.800. The molecular weight excluding hydrogens is 194 g/mol. The number of hydrogen-bond acceptors (Lipinski definition) is 3. The number of likely N-dealkylation sites (tertiary alicyclic amines) is 1. The molecule has 15 heavy (non-hydrogen) atoms. The highest BCUT2D eigenvalue weighted by atomic mass is 16.2. The quantitative estimate of drug-likeness (QED) is 0.589. The molecule has 3 fully saturated rings. The predicted octanol–water partition coefficient (Wildman–Crippen LogP) is -0.179. The van der Waals surface area contributed by atoms with Crippen LogP contribution < -0.4 is 10.6 Å². The minimum Gasteiger partial charge on any atom is -0.322 e. The van der Waals surface area contributed by atoms with Gasteiger partial charge in [-0.3, -0.25) is 15.0 Å². The highest BCUT2D eigenvalue weighted by Gasteiger charge is 2.55. The summed E-state index contributed by atoms with van der Waals surface area (Å²) in [4.78, 5) is 25.2. The Hall–Kier alpha value is -1.10. The van der Waals surface area contributed by atoms with Gasteiger partial charge < -0.3 is 5.32 Å². The van der Waals surface area contributed by atoms with Gasteiger partial charge in [-0.25, -0.2) is 4.79 Å². The van der Waals surface area contributed by atoms with E-state index in [9.17, 15) is 9.59 Å². The molecular formula is C10H15N3O2. The third kappa shape index (κ3) is 1.26. The number of nitrogens with zero attached hydrogens (tertiary/aromatic N) is 1. The van der Waals surface area contributed by atoms with Gasteiger partial charge in [0.1, 0.15) is 5.54 Å². The Balaban J connectivity index is 1.83. The third-order valence-electron chi connectivity index (χ3n) is 3.69. The van der Waals surface area contributed by atoms with Crippen molar-refractivity contribution in [1.82, 2.24) is 15.5 Å². The first kappa shape index (κ1) is 9.15. The zero-order valence-corrected chi connectivity index (χ0v) is 8.75. The number of nitrogens with one attached hydrogen (secondary N) is 2. The van der Waals surface area contributed by atoms with Crippen molar-refractivity contribution in [2.24, 2.45) is 0 Å². The zero-order valence-electron chi connectivity index (χ0n) is 8.75. The zero-order chi connectivity index (χ0) is 10.6. The van der Waals surface area contributed by atoms with Crippen LogP contribution >= 0.6 is 0 Å². The van der Waals surface area contributed by atoms with E-state index in [0.717, 1.165) is 6.42 Å². The van der Waals surface area contributed by atoms with Crippen LogP contribution in [0, 0.1) is 0 Å². The topological polar surface area (TPSA) is 61.4 Å². The van der Waals surface area contributed by atoms with E-state index in [4.69, 9.17) is 0 Å². The molecule has 3 aliphatic rings. The van der Waals surface area contributed by atoms with Crippen molar-refractivity contribution in [2.75, 3.05) is 6.54 Å². The molecule has 1 aliphatic carbocycles. The van der Waals surface area contributed by atoms with Gasteiger partial charge in [0.25, 0.3) is 5.91 Å². The maximum absolute atomic E-state index is 11.7. The number of urea groups is 1. The summed E-state index contributed by atoms with van der Waals surface area (Å²) in [6.45, 7) is 2.81. The summed E-state index contributed by atoms with van der Waals surface area (Å²) in [6, 6.07) is 0.691. The molecule has 2 heterocycles. The minimum atomic E-state index is -0.640. The molecule has 5 nitrogen and oxygen atoms in total. The molecule has 1 saturated carbocycles. The Morgan fingerprint density at radius 1 is 1.40 bits per heavy atom. The van der Waals surface area contributed by atoms with E-state index in [-0.39, 0.29) is 11.9 Å². The van der Waals surface area contributed by atoms with Gasteiger partial charge in [-0.2, -0.15) is 0 Å². The van der Waals surface area contributed by atoms with E-state index in [1.54, 1.807) is 0 Å². The fourth-order valence-corrected chi connectivity index (χ4v) is 2.83. The summed E-state index contributed by atoms with van der Waals surface area (Å²) in [5, 5.41) is 5.12. The van der Waals surface area contributed by atoms with Crippen molar-refractivity contribution >= 4 is 11.9 Å². The lowest BCUT2D eigenvalue weighted by molar-refractivity contribution is -0.123. The summed E-state index contributed by atoms with van der Waals surface area (Å²) in [6.07, 6.45) is 3.20. The Morgan fingerprint density at radius 2 is 2.13 bits per heavy atom. The van der Waals surface area contributed by atoms with Crippen LogP contribution in [0.4, 0.5) is 4.79 Å². The molecule has 3 amide bonds. The number of rotatable bonds is 1. The van der Waals surface area contributed by atoms with E-state index in [2.05, 4.69) is 22.5 Å². The van der Waals surface area contributed by atoms with Gasteiger partial charge >= 0.3 is 6.03 Å². The summed E-state index contributed by atoms with van der Waals surface area (Å²) >= 11 is 0. The van der Waals surface area contributed by atoms with Gasteiger partial charge in [0.2, 0.25) is 0 Å². The average Bonchev–Trinajstić information content (AvgIpc) is 2.87. The Labute approximate surface area is 88.2 Å². The Kier molecular flexibility index (Phi) is 1.66. The van der Waals surface area contributed by atoms with E-state index in [0.29, 0.717) is 18.6 Å². The summed E-state index contributed by atoms with van der Waals surface area (Å²) < 4.78 is 0. The van der Waals surface area contributed by atoms with Crippen molar-refractivity contribution in [3.05, 3.63) is 0 Å². The second-order valence-electron chi connectivity index (χ2n) is 4.95. The van der Waals surface area contributed by atoms with E-state index < -0.39 is 5.54 Å². The smallest absolute Gasteiger partial charge is 0.322 e. The first-order valence-electron chi connectivity index (χ1n) is 5.50. The van der Waals surface area contributed by atoms with Crippen LogP contribution in [-0.4, -0.2) is 41.0 Å². The van der Waals surface area contributed by atoms with Gasteiger partial charge in [-0.1, -0.05) is 0 Å². The molecule has 0 aromatic carbocycles. The largest absolute Gasteiger partial charge is 0.322 e. The predicted molar refractivity (Wildman–Crippen MR) is 53.2 cm³/mol. The molecule has 0 aromatic heterocycles. The van der Waals surface area contributed by atoms with Gasteiger partial charge in [-0.15, -0.1) is 0 Å². The van der Waals surface area contributed by atoms with Crippen LogP contribution in [0.2, 0.25) is 0 Å². The highest BCUT2D eigenvalue weighted by molar-refractivity contribution is 6.07. The first-order valence-corrected chi connectivity index (χ1v) is 5.50. The lowest BCUT2D eigenvalue weighted by Gasteiger charge is -2.21. The maximum atomic E-state index is 11.7. The Bertz CT molecular complexity index is 340.